The van der Waals surface area contributed by atoms with Crippen LogP contribution in [0.15, 0.2) is 36.4 Å². The van der Waals surface area contributed by atoms with Crippen molar-refractivity contribution >= 4 is 27.5 Å². The molecule has 22 heavy (non-hydrogen) atoms. The Labute approximate surface area is 133 Å². The van der Waals surface area contributed by atoms with Crippen LogP contribution in [0.3, 0.4) is 0 Å². The smallest absolute Gasteiger partial charge is 0.0512 e. The molecule has 116 valence electrons. The highest BCUT2D eigenvalue weighted by Crippen LogP contribution is 2.32. The number of benzene rings is 2. The summed E-state index contributed by atoms with van der Waals surface area (Å²) in [6.07, 6.45) is 1.09. The summed E-state index contributed by atoms with van der Waals surface area (Å²) >= 11 is 0. The van der Waals surface area contributed by atoms with E-state index < -0.39 is 0 Å². The molecule has 0 atom stereocenters. The Morgan fingerprint density at radius 1 is 0.818 bits per heavy atom. The molecule has 0 aliphatic carbocycles. The Hall–Kier alpha value is -1.96. The third-order valence-electron chi connectivity index (χ3n) is 4.77. The minimum absolute atomic E-state index is 1.01. The van der Waals surface area contributed by atoms with Gasteiger partial charge in [0.05, 0.1) is 5.52 Å². The zero-order valence-electron chi connectivity index (χ0n) is 14.2. The van der Waals surface area contributed by atoms with Crippen LogP contribution in [0.2, 0.25) is 0 Å². The SMILES string of the molecule is CCc1ccc2c3ccc(N(CC)CC)cc3n(CC)c2c1. The van der Waals surface area contributed by atoms with Gasteiger partial charge < -0.3 is 9.47 Å². The summed E-state index contributed by atoms with van der Waals surface area (Å²) in [7, 11) is 0. The van der Waals surface area contributed by atoms with Crippen molar-refractivity contribution in [2.75, 3.05) is 18.0 Å². The lowest BCUT2D eigenvalue weighted by atomic mass is 10.1. The first-order valence-electron chi connectivity index (χ1n) is 8.53. The van der Waals surface area contributed by atoms with E-state index in [1.165, 1.54) is 33.1 Å². The summed E-state index contributed by atoms with van der Waals surface area (Å²) in [5.74, 6) is 0. The number of rotatable bonds is 5. The van der Waals surface area contributed by atoms with Crippen LogP contribution in [0, 0.1) is 0 Å². The fraction of sp³-hybridized carbons (Fsp3) is 0.400. The molecule has 2 aromatic carbocycles. The van der Waals surface area contributed by atoms with Crippen molar-refractivity contribution in [3.05, 3.63) is 42.0 Å². The van der Waals surface area contributed by atoms with Gasteiger partial charge in [0.2, 0.25) is 0 Å². The monoisotopic (exact) mass is 294 g/mol. The Bertz CT molecular complexity index is 794. The van der Waals surface area contributed by atoms with Crippen molar-refractivity contribution < 1.29 is 0 Å². The predicted octanol–water partition coefficient (Wildman–Crippen LogP) is 5.22. The third kappa shape index (κ3) is 2.27. The first-order chi connectivity index (χ1) is 10.7. The number of nitrogens with zero attached hydrogens (tertiary/aromatic N) is 2. The van der Waals surface area contributed by atoms with Crippen molar-refractivity contribution in [2.24, 2.45) is 0 Å². The average Bonchev–Trinajstić information content (AvgIpc) is 2.88. The molecule has 0 aliphatic rings. The molecule has 0 saturated heterocycles. The number of fused-ring (bicyclic) bond motifs is 3. The maximum atomic E-state index is 2.46. The number of aryl methyl sites for hydroxylation is 2. The minimum atomic E-state index is 1.01. The van der Waals surface area contributed by atoms with Crippen molar-refractivity contribution in [2.45, 2.75) is 40.7 Å². The van der Waals surface area contributed by atoms with Gasteiger partial charge in [-0.05, 0) is 51.0 Å². The molecule has 3 rings (SSSR count). The van der Waals surface area contributed by atoms with Crippen molar-refractivity contribution in [3.63, 3.8) is 0 Å². The van der Waals surface area contributed by atoms with Crippen LogP contribution in [0.5, 0.6) is 0 Å². The van der Waals surface area contributed by atoms with Crippen LogP contribution in [0.1, 0.15) is 33.3 Å². The molecule has 0 unspecified atom stereocenters. The second-order valence-electron chi connectivity index (χ2n) is 5.82. The fourth-order valence-corrected chi connectivity index (χ4v) is 3.48. The van der Waals surface area contributed by atoms with Crippen LogP contribution in [0.4, 0.5) is 5.69 Å². The van der Waals surface area contributed by atoms with Crippen LogP contribution in [-0.4, -0.2) is 17.7 Å². The molecule has 0 N–H and O–H groups in total. The Morgan fingerprint density at radius 2 is 1.45 bits per heavy atom. The molecule has 0 fully saturated rings. The average molecular weight is 294 g/mol. The van der Waals surface area contributed by atoms with Gasteiger partial charge in [0.15, 0.2) is 0 Å². The van der Waals surface area contributed by atoms with Gasteiger partial charge in [-0.15, -0.1) is 0 Å². The standard InChI is InChI=1S/C20H26N2/c1-5-15-9-11-17-18-12-10-16(21(6-2)7-3)14-20(18)22(8-4)19(17)13-15/h9-14H,5-8H2,1-4H3. The molecule has 3 aromatic rings. The molecule has 0 amide bonds. The lowest BCUT2D eigenvalue weighted by molar-refractivity contribution is 0.824. The van der Waals surface area contributed by atoms with E-state index in [0.717, 1.165) is 26.1 Å². The lowest BCUT2D eigenvalue weighted by Crippen LogP contribution is -2.21. The quantitative estimate of drug-likeness (QED) is 0.626. The summed E-state index contributed by atoms with van der Waals surface area (Å²) in [6, 6.07) is 13.8. The van der Waals surface area contributed by atoms with Gasteiger partial charge in [0, 0.05) is 41.6 Å². The van der Waals surface area contributed by atoms with E-state index in [9.17, 15) is 0 Å². The van der Waals surface area contributed by atoms with E-state index in [2.05, 4.69) is 73.6 Å². The van der Waals surface area contributed by atoms with Crippen LogP contribution in [0.25, 0.3) is 21.8 Å². The first kappa shape index (κ1) is 15.0. The largest absolute Gasteiger partial charge is 0.372 e. The molecule has 1 aromatic heterocycles. The summed E-state index contributed by atoms with van der Waals surface area (Å²) in [5.41, 5.74) is 5.46. The molecule has 1 heterocycles. The van der Waals surface area contributed by atoms with Crippen molar-refractivity contribution in [3.8, 4) is 0 Å². The van der Waals surface area contributed by atoms with Crippen molar-refractivity contribution in [1.29, 1.82) is 0 Å². The molecule has 0 spiro atoms. The van der Waals surface area contributed by atoms with Gasteiger partial charge in [-0.3, -0.25) is 0 Å². The summed E-state index contributed by atoms with van der Waals surface area (Å²) in [4.78, 5) is 2.41. The number of aromatic nitrogens is 1. The summed E-state index contributed by atoms with van der Waals surface area (Å²) < 4.78 is 2.46. The number of anilines is 1. The topological polar surface area (TPSA) is 8.17 Å². The van der Waals surface area contributed by atoms with Gasteiger partial charge in [-0.1, -0.05) is 25.1 Å². The molecule has 2 heteroatoms. The van der Waals surface area contributed by atoms with Crippen LogP contribution >= 0.6 is 0 Å². The molecule has 0 saturated carbocycles. The van der Waals surface area contributed by atoms with Gasteiger partial charge in [0.1, 0.15) is 0 Å². The highest BCUT2D eigenvalue weighted by atomic mass is 15.1. The predicted molar refractivity (Wildman–Crippen MR) is 98.1 cm³/mol. The van der Waals surface area contributed by atoms with E-state index in [1.807, 2.05) is 0 Å². The van der Waals surface area contributed by atoms with Gasteiger partial charge in [0.25, 0.3) is 0 Å². The zero-order valence-corrected chi connectivity index (χ0v) is 14.2. The van der Waals surface area contributed by atoms with Gasteiger partial charge in [-0.25, -0.2) is 0 Å². The molecule has 2 nitrogen and oxygen atoms in total. The van der Waals surface area contributed by atoms with Gasteiger partial charge >= 0.3 is 0 Å². The fourth-order valence-electron chi connectivity index (χ4n) is 3.48. The summed E-state index contributed by atoms with van der Waals surface area (Å²) in [6.45, 7) is 12.0. The molecular formula is C20H26N2. The van der Waals surface area contributed by atoms with E-state index in [4.69, 9.17) is 0 Å². The molecule has 0 bridgehead atoms. The molecule has 0 radical (unpaired) electrons. The van der Waals surface area contributed by atoms with Crippen molar-refractivity contribution in [1.82, 2.24) is 4.57 Å². The van der Waals surface area contributed by atoms with Crippen LogP contribution < -0.4 is 4.90 Å². The number of hydrogen-bond donors (Lipinski definition) is 0. The first-order valence-corrected chi connectivity index (χ1v) is 8.53. The van der Waals surface area contributed by atoms with Gasteiger partial charge in [-0.2, -0.15) is 0 Å². The molecule has 0 aliphatic heterocycles. The zero-order chi connectivity index (χ0) is 15.7. The second-order valence-corrected chi connectivity index (χ2v) is 5.82. The minimum Gasteiger partial charge on any atom is -0.372 e. The van der Waals surface area contributed by atoms with Crippen LogP contribution in [-0.2, 0) is 13.0 Å². The Kier molecular flexibility index (Phi) is 4.10. The maximum Gasteiger partial charge on any atom is 0.0512 e. The van der Waals surface area contributed by atoms with E-state index in [1.54, 1.807) is 0 Å². The lowest BCUT2D eigenvalue weighted by Gasteiger charge is -2.21. The normalized spacial score (nSPS) is 11.5. The maximum absolute atomic E-state index is 2.46. The molecular weight excluding hydrogens is 268 g/mol. The van der Waals surface area contributed by atoms with E-state index in [-0.39, 0.29) is 0 Å². The number of hydrogen-bond acceptors (Lipinski definition) is 1. The highest BCUT2D eigenvalue weighted by Gasteiger charge is 2.12. The Morgan fingerprint density at radius 3 is 2.05 bits per heavy atom. The van der Waals surface area contributed by atoms with E-state index in [0.29, 0.717) is 0 Å². The summed E-state index contributed by atoms with van der Waals surface area (Å²) in [5, 5.41) is 2.75. The Balaban J connectivity index is 2.29. The van der Waals surface area contributed by atoms with E-state index >= 15 is 0 Å². The third-order valence-corrected chi connectivity index (χ3v) is 4.77. The second kappa shape index (κ2) is 6.04. The highest BCUT2D eigenvalue weighted by molar-refractivity contribution is 6.09.